The highest BCUT2D eigenvalue weighted by Crippen LogP contribution is 2.23. The van der Waals surface area contributed by atoms with Crippen molar-refractivity contribution < 1.29 is 14.4 Å². The highest BCUT2D eigenvalue weighted by atomic mass is 35.5. The molecule has 0 spiro atoms. The van der Waals surface area contributed by atoms with Gasteiger partial charge in [0.05, 0.1) is 0 Å². The smallest absolute Gasteiger partial charge is 0.321 e. The average molecular weight is 464 g/mol. The molecule has 9 heteroatoms. The van der Waals surface area contributed by atoms with Crippen LogP contribution in [0.5, 0.6) is 0 Å². The fraction of sp³-hybridized carbons (Fsp3) is 0.609. The van der Waals surface area contributed by atoms with E-state index in [2.05, 4.69) is 5.32 Å². The average Bonchev–Trinajstić information content (AvgIpc) is 2.82. The number of piperidine rings is 1. The lowest BCUT2D eigenvalue weighted by Crippen LogP contribution is -2.54. The number of rotatable bonds is 4. The van der Waals surface area contributed by atoms with Crippen molar-refractivity contribution >= 4 is 35.3 Å². The molecule has 0 unspecified atom stereocenters. The number of carbonyl (C=O) groups excluding carboxylic acids is 3. The van der Waals surface area contributed by atoms with Crippen LogP contribution in [0, 0.1) is 12.8 Å². The van der Waals surface area contributed by atoms with Gasteiger partial charge in [0, 0.05) is 69.0 Å². The maximum absolute atomic E-state index is 13.0. The van der Waals surface area contributed by atoms with Crippen molar-refractivity contribution in [1.29, 1.82) is 0 Å². The summed E-state index contributed by atoms with van der Waals surface area (Å²) in [4.78, 5) is 45.3. The van der Waals surface area contributed by atoms with Gasteiger partial charge in [-0.25, -0.2) is 9.59 Å². The van der Waals surface area contributed by atoms with Crippen molar-refractivity contribution in [3.05, 3.63) is 28.8 Å². The summed E-state index contributed by atoms with van der Waals surface area (Å²) in [7, 11) is 0. The largest absolute Gasteiger partial charge is 0.339 e. The van der Waals surface area contributed by atoms with E-state index in [1.165, 1.54) is 0 Å². The summed E-state index contributed by atoms with van der Waals surface area (Å²) < 4.78 is 0. The molecule has 5 amide bonds. The number of nitrogens with one attached hydrogen (secondary N) is 1. The van der Waals surface area contributed by atoms with Crippen LogP contribution in [0.2, 0.25) is 5.02 Å². The minimum Gasteiger partial charge on any atom is -0.339 e. The zero-order valence-corrected chi connectivity index (χ0v) is 20.0. The van der Waals surface area contributed by atoms with Crippen LogP contribution in [-0.4, -0.2) is 89.9 Å². The Morgan fingerprint density at radius 2 is 1.56 bits per heavy atom. The normalized spacial score (nSPS) is 17.3. The number of piperazine rings is 1. The summed E-state index contributed by atoms with van der Waals surface area (Å²) in [6.45, 7) is 10.6. The van der Waals surface area contributed by atoms with Crippen molar-refractivity contribution in [1.82, 2.24) is 19.6 Å². The van der Waals surface area contributed by atoms with Crippen LogP contribution in [0.1, 0.15) is 32.3 Å². The standard InChI is InChI=1S/C23H34ClN5O3/c1-4-26(5-2)23(32)29-10-8-18(9-11-29)21(30)27-12-14-28(15-13-27)22(31)25-19-7-6-17(3)20(24)16-19/h6-7,16,18H,4-5,8-15H2,1-3H3,(H,25,31). The van der Waals surface area contributed by atoms with Gasteiger partial charge in [-0.05, 0) is 51.3 Å². The van der Waals surface area contributed by atoms with Gasteiger partial charge in [0.25, 0.3) is 0 Å². The monoisotopic (exact) mass is 463 g/mol. The number of benzene rings is 1. The molecule has 2 fully saturated rings. The molecule has 176 valence electrons. The lowest BCUT2D eigenvalue weighted by atomic mass is 9.95. The Morgan fingerprint density at radius 3 is 2.12 bits per heavy atom. The molecule has 2 saturated heterocycles. The molecule has 1 N–H and O–H groups in total. The van der Waals surface area contributed by atoms with Crippen LogP contribution < -0.4 is 5.32 Å². The molecule has 2 heterocycles. The van der Waals surface area contributed by atoms with Crippen molar-refractivity contribution in [2.45, 2.75) is 33.6 Å². The van der Waals surface area contributed by atoms with E-state index in [-0.39, 0.29) is 23.9 Å². The number of anilines is 1. The molecular formula is C23H34ClN5O3. The second-order valence-electron chi connectivity index (χ2n) is 8.42. The summed E-state index contributed by atoms with van der Waals surface area (Å²) in [5.41, 5.74) is 1.62. The molecule has 0 aromatic heterocycles. The summed E-state index contributed by atoms with van der Waals surface area (Å²) in [6.07, 6.45) is 1.39. The van der Waals surface area contributed by atoms with Gasteiger partial charge in [0.2, 0.25) is 5.91 Å². The third kappa shape index (κ3) is 5.65. The first-order chi connectivity index (χ1) is 15.3. The van der Waals surface area contributed by atoms with Crippen molar-refractivity contribution in [3.63, 3.8) is 0 Å². The van der Waals surface area contributed by atoms with Gasteiger partial charge in [0.1, 0.15) is 0 Å². The van der Waals surface area contributed by atoms with Crippen molar-refractivity contribution in [3.8, 4) is 0 Å². The van der Waals surface area contributed by atoms with E-state index < -0.39 is 0 Å². The van der Waals surface area contributed by atoms with E-state index in [0.717, 1.165) is 5.56 Å². The molecule has 8 nitrogen and oxygen atoms in total. The maximum Gasteiger partial charge on any atom is 0.321 e. The summed E-state index contributed by atoms with van der Waals surface area (Å²) in [6, 6.07) is 5.33. The molecule has 1 aromatic carbocycles. The van der Waals surface area contributed by atoms with Crippen LogP contribution in [0.15, 0.2) is 18.2 Å². The number of halogens is 1. The van der Waals surface area contributed by atoms with Gasteiger partial charge < -0.3 is 24.9 Å². The molecular weight excluding hydrogens is 430 g/mol. The summed E-state index contributed by atoms with van der Waals surface area (Å²) in [5.74, 6) is 0.0937. The minimum absolute atomic E-state index is 0.0502. The molecule has 0 radical (unpaired) electrons. The van der Waals surface area contributed by atoms with E-state index >= 15 is 0 Å². The molecule has 0 saturated carbocycles. The SMILES string of the molecule is CCN(CC)C(=O)N1CCC(C(=O)N2CCN(C(=O)Nc3ccc(C)c(Cl)c3)CC2)CC1. The molecule has 3 rings (SSSR count). The zero-order chi connectivity index (χ0) is 23.3. The minimum atomic E-state index is -0.180. The number of amides is 5. The number of carbonyl (C=O) groups is 3. The predicted octanol–water partition coefficient (Wildman–Crippen LogP) is 3.50. The number of hydrogen-bond donors (Lipinski definition) is 1. The number of nitrogens with zero attached hydrogens (tertiary/aromatic N) is 4. The van der Waals surface area contributed by atoms with Gasteiger partial charge in [-0.15, -0.1) is 0 Å². The second kappa shape index (κ2) is 10.9. The molecule has 2 aliphatic rings. The lowest BCUT2D eigenvalue weighted by molar-refractivity contribution is -0.138. The quantitative estimate of drug-likeness (QED) is 0.742. The Balaban J connectivity index is 1.45. The maximum atomic E-state index is 13.0. The van der Waals surface area contributed by atoms with Gasteiger partial charge in [-0.2, -0.15) is 0 Å². The first kappa shape index (κ1) is 24.2. The Hall–Kier alpha value is -2.48. The second-order valence-corrected chi connectivity index (χ2v) is 8.83. The predicted molar refractivity (Wildman–Crippen MR) is 126 cm³/mol. The fourth-order valence-corrected chi connectivity index (χ4v) is 4.45. The highest BCUT2D eigenvalue weighted by molar-refractivity contribution is 6.31. The molecule has 0 atom stereocenters. The van der Waals surface area contributed by atoms with E-state index in [0.29, 0.717) is 75.9 Å². The molecule has 0 aliphatic carbocycles. The van der Waals surface area contributed by atoms with Gasteiger partial charge in [0.15, 0.2) is 0 Å². The molecule has 1 aromatic rings. The van der Waals surface area contributed by atoms with Crippen LogP contribution in [0.3, 0.4) is 0 Å². The Morgan fingerprint density at radius 1 is 0.969 bits per heavy atom. The van der Waals surface area contributed by atoms with Crippen LogP contribution >= 0.6 is 11.6 Å². The van der Waals surface area contributed by atoms with Crippen LogP contribution in [0.25, 0.3) is 0 Å². The molecule has 0 bridgehead atoms. The number of aryl methyl sites for hydroxylation is 1. The van der Waals surface area contributed by atoms with Crippen LogP contribution in [0.4, 0.5) is 15.3 Å². The number of hydrogen-bond acceptors (Lipinski definition) is 3. The van der Waals surface area contributed by atoms with Crippen molar-refractivity contribution in [2.24, 2.45) is 5.92 Å². The number of urea groups is 2. The van der Waals surface area contributed by atoms with E-state index in [9.17, 15) is 14.4 Å². The zero-order valence-electron chi connectivity index (χ0n) is 19.3. The summed E-state index contributed by atoms with van der Waals surface area (Å²) >= 11 is 6.13. The Bertz CT molecular complexity index is 829. The third-order valence-corrected chi connectivity index (χ3v) is 6.86. The topological polar surface area (TPSA) is 76.2 Å². The first-order valence-electron chi connectivity index (χ1n) is 11.5. The van der Waals surface area contributed by atoms with Gasteiger partial charge >= 0.3 is 12.1 Å². The van der Waals surface area contributed by atoms with Crippen LogP contribution in [-0.2, 0) is 4.79 Å². The molecule has 32 heavy (non-hydrogen) atoms. The first-order valence-corrected chi connectivity index (χ1v) is 11.9. The highest BCUT2D eigenvalue weighted by Gasteiger charge is 2.33. The van der Waals surface area contributed by atoms with E-state index in [4.69, 9.17) is 11.6 Å². The van der Waals surface area contributed by atoms with Gasteiger partial charge in [-0.3, -0.25) is 4.79 Å². The lowest BCUT2D eigenvalue weighted by Gasteiger charge is -2.39. The fourth-order valence-electron chi connectivity index (χ4n) is 4.27. The number of likely N-dealkylation sites (tertiary alicyclic amines) is 1. The third-order valence-electron chi connectivity index (χ3n) is 6.45. The molecule has 2 aliphatic heterocycles. The van der Waals surface area contributed by atoms with E-state index in [1.54, 1.807) is 11.0 Å². The van der Waals surface area contributed by atoms with Gasteiger partial charge in [-0.1, -0.05) is 17.7 Å². The Labute approximate surface area is 195 Å². The Kier molecular flexibility index (Phi) is 8.23. The van der Waals surface area contributed by atoms with E-state index in [1.807, 2.05) is 47.6 Å². The summed E-state index contributed by atoms with van der Waals surface area (Å²) in [5, 5.41) is 3.49. The van der Waals surface area contributed by atoms with Crippen molar-refractivity contribution in [2.75, 3.05) is 57.7 Å².